The zero-order chi connectivity index (χ0) is 20.8. The highest BCUT2D eigenvalue weighted by Crippen LogP contribution is 2.33. The van der Waals surface area contributed by atoms with Gasteiger partial charge in [-0.1, -0.05) is 6.07 Å². The van der Waals surface area contributed by atoms with Gasteiger partial charge in [0.1, 0.15) is 5.01 Å². The van der Waals surface area contributed by atoms with Gasteiger partial charge in [0, 0.05) is 35.9 Å². The van der Waals surface area contributed by atoms with Crippen molar-refractivity contribution in [2.45, 2.75) is 32.9 Å². The van der Waals surface area contributed by atoms with Gasteiger partial charge in [-0.15, -0.1) is 11.3 Å². The Bertz CT molecular complexity index is 957. The van der Waals surface area contributed by atoms with Gasteiger partial charge in [0.15, 0.2) is 11.5 Å². The topological polar surface area (TPSA) is 64.5 Å². The highest BCUT2D eigenvalue weighted by atomic mass is 32.1. The van der Waals surface area contributed by atoms with Gasteiger partial charge < -0.3 is 14.4 Å². The van der Waals surface area contributed by atoms with E-state index in [1.54, 1.807) is 26.6 Å². The van der Waals surface area contributed by atoms with Crippen molar-refractivity contribution in [2.75, 3.05) is 14.2 Å². The van der Waals surface area contributed by atoms with Gasteiger partial charge in [0.05, 0.1) is 26.3 Å². The number of rotatable bonds is 8. The molecule has 0 atom stereocenters. The third-order valence-corrected chi connectivity index (χ3v) is 5.47. The van der Waals surface area contributed by atoms with Crippen molar-refractivity contribution < 1.29 is 14.3 Å². The van der Waals surface area contributed by atoms with Crippen molar-refractivity contribution in [3.63, 3.8) is 0 Å². The molecule has 0 aliphatic carbocycles. The molecule has 0 saturated carbocycles. The molecule has 0 unspecified atom stereocenters. The van der Waals surface area contributed by atoms with E-state index >= 15 is 0 Å². The zero-order valence-corrected chi connectivity index (χ0v) is 17.9. The third-order valence-electron chi connectivity index (χ3n) is 4.53. The van der Waals surface area contributed by atoms with Crippen LogP contribution in [0.5, 0.6) is 11.5 Å². The van der Waals surface area contributed by atoms with Crippen molar-refractivity contribution in [1.82, 2.24) is 14.9 Å². The van der Waals surface area contributed by atoms with Crippen LogP contribution in [0.2, 0.25) is 0 Å². The van der Waals surface area contributed by atoms with Crippen LogP contribution in [0.1, 0.15) is 25.1 Å². The largest absolute Gasteiger partial charge is 0.493 e. The Morgan fingerprint density at radius 3 is 2.62 bits per heavy atom. The van der Waals surface area contributed by atoms with Gasteiger partial charge in [-0.3, -0.25) is 9.78 Å². The van der Waals surface area contributed by atoms with Crippen LogP contribution in [0, 0.1) is 0 Å². The number of methoxy groups -OCH3 is 2. The molecule has 152 valence electrons. The minimum atomic E-state index is 0.0491. The fourth-order valence-electron chi connectivity index (χ4n) is 2.99. The first kappa shape index (κ1) is 20.8. The number of carbonyl (C=O) groups is 1. The number of thiazole rings is 1. The fourth-order valence-corrected chi connectivity index (χ4v) is 3.81. The molecule has 0 radical (unpaired) electrons. The molecule has 7 heteroatoms. The summed E-state index contributed by atoms with van der Waals surface area (Å²) in [6, 6.07) is 9.64. The Morgan fingerprint density at radius 2 is 1.97 bits per heavy atom. The molecule has 0 aliphatic rings. The first-order chi connectivity index (χ1) is 14.0. The average molecular weight is 412 g/mol. The zero-order valence-electron chi connectivity index (χ0n) is 17.1. The van der Waals surface area contributed by atoms with Crippen LogP contribution in [-0.4, -0.2) is 41.0 Å². The fraction of sp³-hybridized carbons (Fsp3) is 0.318. The summed E-state index contributed by atoms with van der Waals surface area (Å²) in [5.41, 5.74) is 2.71. The maximum absolute atomic E-state index is 12.9. The summed E-state index contributed by atoms with van der Waals surface area (Å²) in [5, 5.41) is 2.78. The second kappa shape index (κ2) is 9.52. The van der Waals surface area contributed by atoms with Crippen LogP contribution >= 0.6 is 11.3 Å². The van der Waals surface area contributed by atoms with E-state index in [-0.39, 0.29) is 18.4 Å². The highest BCUT2D eigenvalue weighted by Gasteiger charge is 2.19. The molecule has 0 saturated heterocycles. The Balaban J connectivity index is 1.74. The molecule has 3 aromatic rings. The van der Waals surface area contributed by atoms with Gasteiger partial charge >= 0.3 is 0 Å². The first-order valence-electron chi connectivity index (χ1n) is 9.37. The second-order valence-electron chi connectivity index (χ2n) is 6.87. The summed E-state index contributed by atoms with van der Waals surface area (Å²) >= 11 is 1.51. The minimum absolute atomic E-state index is 0.0491. The van der Waals surface area contributed by atoms with Gasteiger partial charge in [-0.25, -0.2) is 4.98 Å². The van der Waals surface area contributed by atoms with Crippen molar-refractivity contribution in [1.29, 1.82) is 0 Å². The summed E-state index contributed by atoms with van der Waals surface area (Å²) in [4.78, 5) is 23.6. The van der Waals surface area contributed by atoms with Crippen LogP contribution < -0.4 is 9.47 Å². The van der Waals surface area contributed by atoms with Crippen LogP contribution in [-0.2, 0) is 17.8 Å². The number of pyridine rings is 1. The molecule has 6 nitrogen and oxygen atoms in total. The molecule has 1 amide bonds. The Morgan fingerprint density at radius 1 is 1.17 bits per heavy atom. The number of nitrogens with zero attached hydrogens (tertiary/aromatic N) is 3. The smallest absolute Gasteiger partial charge is 0.229 e. The number of carbonyl (C=O) groups excluding carboxylic acids is 1. The lowest BCUT2D eigenvalue weighted by atomic mass is 10.2. The van der Waals surface area contributed by atoms with Crippen molar-refractivity contribution in [2.24, 2.45) is 0 Å². The second-order valence-corrected chi connectivity index (χ2v) is 7.73. The van der Waals surface area contributed by atoms with E-state index in [0.29, 0.717) is 18.0 Å². The van der Waals surface area contributed by atoms with E-state index in [1.807, 2.05) is 54.5 Å². The molecule has 0 spiro atoms. The summed E-state index contributed by atoms with van der Waals surface area (Å²) in [6.45, 7) is 4.58. The number of amides is 1. The van der Waals surface area contributed by atoms with Crippen molar-refractivity contribution in [3.05, 3.63) is 59.4 Å². The summed E-state index contributed by atoms with van der Waals surface area (Å²) in [6.07, 6.45) is 3.79. The molecular weight excluding hydrogens is 386 g/mol. The minimum Gasteiger partial charge on any atom is -0.493 e. The van der Waals surface area contributed by atoms with Crippen LogP contribution in [0.25, 0.3) is 10.6 Å². The van der Waals surface area contributed by atoms with Gasteiger partial charge in [-0.05, 0) is 43.7 Å². The quantitative estimate of drug-likeness (QED) is 0.556. The van der Waals surface area contributed by atoms with Gasteiger partial charge in [0.2, 0.25) is 5.91 Å². The normalized spacial score (nSPS) is 10.8. The van der Waals surface area contributed by atoms with E-state index < -0.39 is 0 Å². The Labute approximate surface area is 175 Å². The highest BCUT2D eigenvalue weighted by molar-refractivity contribution is 7.13. The monoisotopic (exact) mass is 411 g/mol. The molecular formula is C22H25N3O3S. The molecule has 3 rings (SSSR count). The number of hydrogen-bond acceptors (Lipinski definition) is 6. The number of ether oxygens (including phenoxy) is 2. The van der Waals surface area contributed by atoms with E-state index in [9.17, 15) is 4.79 Å². The first-order valence-corrected chi connectivity index (χ1v) is 10.2. The van der Waals surface area contributed by atoms with Crippen LogP contribution in [0.3, 0.4) is 0 Å². The molecule has 2 aromatic heterocycles. The number of aromatic nitrogens is 2. The molecule has 29 heavy (non-hydrogen) atoms. The standard InChI is InChI=1S/C22H25N3O3S/c1-15(2)25(13-16-6-5-9-23-12-16)21(26)11-18-14-29-22(24-18)17-7-8-19(27-3)20(10-17)28-4/h5-10,12,14-15H,11,13H2,1-4H3. The van der Waals surface area contributed by atoms with E-state index in [0.717, 1.165) is 21.8 Å². The SMILES string of the molecule is COc1ccc(-c2nc(CC(=O)N(Cc3cccnc3)C(C)C)cs2)cc1OC. The molecule has 2 heterocycles. The van der Waals surface area contributed by atoms with Crippen LogP contribution in [0.4, 0.5) is 0 Å². The molecule has 0 bridgehead atoms. The van der Waals surface area contributed by atoms with E-state index in [4.69, 9.17) is 9.47 Å². The maximum atomic E-state index is 12.9. The van der Waals surface area contributed by atoms with E-state index in [1.165, 1.54) is 11.3 Å². The third kappa shape index (κ3) is 5.12. The van der Waals surface area contributed by atoms with Crippen molar-refractivity contribution in [3.8, 4) is 22.1 Å². The predicted octanol–water partition coefficient (Wildman–Crippen LogP) is 4.20. The van der Waals surface area contributed by atoms with Crippen molar-refractivity contribution >= 4 is 17.2 Å². The lowest BCUT2D eigenvalue weighted by Crippen LogP contribution is -2.37. The molecule has 1 aromatic carbocycles. The molecule has 0 fully saturated rings. The maximum Gasteiger partial charge on any atom is 0.229 e. The number of benzene rings is 1. The Kier molecular flexibility index (Phi) is 6.82. The summed E-state index contributed by atoms with van der Waals surface area (Å²) in [5.74, 6) is 1.37. The average Bonchev–Trinajstić information content (AvgIpc) is 3.20. The van der Waals surface area contributed by atoms with Gasteiger partial charge in [0.25, 0.3) is 0 Å². The summed E-state index contributed by atoms with van der Waals surface area (Å²) in [7, 11) is 3.22. The van der Waals surface area contributed by atoms with E-state index in [2.05, 4.69) is 9.97 Å². The predicted molar refractivity (Wildman–Crippen MR) is 114 cm³/mol. The lowest BCUT2D eigenvalue weighted by molar-refractivity contribution is -0.132. The lowest BCUT2D eigenvalue weighted by Gasteiger charge is -2.26. The van der Waals surface area contributed by atoms with Gasteiger partial charge in [-0.2, -0.15) is 0 Å². The molecule has 0 aliphatic heterocycles. The van der Waals surface area contributed by atoms with Crippen LogP contribution in [0.15, 0.2) is 48.1 Å². The Hall–Kier alpha value is -2.93. The molecule has 0 N–H and O–H groups in total. The summed E-state index contributed by atoms with van der Waals surface area (Å²) < 4.78 is 10.7. The number of hydrogen-bond donors (Lipinski definition) is 0.